The summed E-state index contributed by atoms with van der Waals surface area (Å²) in [5.41, 5.74) is 0. The number of rotatable bonds is 2. The van der Waals surface area contributed by atoms with Gasteiger partial charge in [0.25, 0.3) is 0 Å². The molecule has 0 fully saturated rings. The maximum absolute atomic E-state index is 12.7. The topological polar surface area (TPSA) is 14.2 Å². The highest BCUT2D eigenvalue weighted by molar-refractivity contribution is 5.23. The molecule has 72 valence electrons. The van der Waals surface area contributed by atoms with E-state index < -0.39 is 11.6 Å². The van der Waals surface area contributed by atoms with Gasteiger partial charge in [0, 0.05) is 18.5 Å². The normalized spacial score (nSPS) is 10.1. The van der Waals surface area contributed by atoms with Crippen molar-refractivity contribution >= 4 is 0 Å². The van der Waals surface area contributed by atoms with E-state index in [1.165, 1.54) is 10.8 Å². The van der Waals surface area contributed by atoms with E-state index in [-0.39, 0.29) is 5.75 Å². The predicted molar refractivity (Wildman–Crippen MR) is 46.8 cm³/mol. The van der Waals surface area contributed by atoms with Crippen molar-refractivity contribution in [3.63, 3.8) is 0 Å². The minimum atomic E-state index is -0.922. The third-order valence-corrected chi connectivity index (χ3v) is 1.68. The maximum atomic E-state index is 12.7. The highest BCUT2D eigenvalue weighted by Crippen LogP contribution is 2.15. The summed E-state index contributed by atoms with van der Waals surface area (Å²) in [5.74, 6) is -1.56. The van der Waals surface area contributed by atoms with Crippen molar-refractivity contribution < 1.29 is 13.6 Å². The van der Waals surface area contributed by atoms with Gasteiger partial charge in [-0.3, -0.25) is 0 Å². The molecule has 0 amide bonds. The van der Waals surface area contributed by atoms with E-state index in [0.29, 0.717) is 0 Å². The number of hydrogen-bond donors (Lipinski definition) is 0. The van der Waals surface area contributed by atoms with Gasteiger partial charge in [-0.2, -0.15) is 4.73 Å². The second-order valence-corrected chi connectivity index (χ2v) is 2.71. The van der Waals surface area contributed by atoms with Crippen molar-refractivity contribution in [1.82, 2.24) is 4.73 Å². The highest BCUT2D eigenvalue weighted by atomic mass is 19.2. The van der Waals surface area contributed by atoms with Gasteiger partial charge in [0.2, 0.25) is 0 Å². The van der Waals surface area contributed by atoms with Crippen molar-refractivity contribution in [2.24, 2.45) is 0 Å². The third-order valence-electron chi connectivity index (χ3n) is 1.68. The second-order valence-electron chi connectivity index (χ2n) is 2.71. The number of halogens is 2. The molecule has 0 unspecified atom stereocenters. The molecule has 0 bridgehead atoms. The monoisotopic (exact) mass is 195 g/mol. The lowest BCUT2D eigenvalue weighted by molar-refractivity contribution is 0.215. The second kappa shape index (κ2) is 3.49. The van der Waals surface area contributed by atoms with Gasteiger partial charge < -0.3 is 4.84 Å². The molecule has 2 nitrogen and oxygen atoms in total. The minimum absolute atomic E-state index is 0.250. The Kier molecular flexibility index (Phi) is 2.18. The lowest BCUT2D eigenvalue weighted by Crippen LogP contribution is -2.01. The summed E-state index contributed by atoms with van der Waals surface area (Å²) in [6.07, 6.45) is 3.31. The van der Waals surface area contributed by atoms with Gasteiger partial charge in [0.15, 0.2) is 17.4 Å². The van der Waals surface area contributed by atoms with Gasteiger partial charge in [-0.25, -0.2) is 8.78 Å². The molecule has 1 aromatic heterocycles. The molecule has 0 saturated heterocycles. The van der Waals surface area contributed by atoms with Gasteiger partial charge in [0.05, 0.1) is 0 Å². The number of nitrogens with zero attached hydrogens (tertiary/aromatic N) is 1. The average Bonchev–Trinajstić information content (AvgIpc) is 2.64. The first-order valence-electron chi connectivity index (χ1n) is 4.02. The summed E-state index contributed by atoms with van der Waals surface area (Å²) in [6.45, 7) is 0. The summed E-state index contributed by atoms with van der Waals surface area (Å²) in [7, 11) is 0. The first kappa shape index (κ1) is 8.74. The van der Waals surface area contributed by atoms with Crippen LogP contribution in [0.4, 0.5) is 8.78 Å². The molecule has 0 aliphatic heterocycles. The van der Waals surface area contributed by atoms with Gasteiger partial charge in [-0.05, 0) is 24.3 Å². The lowest BCUT2D eigenvalue weighted by atomic mass is 10.3. The molecule has 0 atom stereocenters. The van der Waals surface area contributed by atoms with E-state index in [4.69, 9.17) is 4.84 Å². The molecule has 0 aliphatic carbocycles. The fourth-order valence-electron chi connectivity index (χ4n) is 1.03. The van der Waals surface area contributed by atoms with E-state index >= 15 is 0 Å². The summed E-state index contributed by atoms with van der Waals surface area (Å²) in [5, 5.41) is 0. The zero-order valence-corrected chi connectivity index (χ0v) is 7.15. The molecule has 1 aromatic carbocycles. The van der Waals surface area contributed by atoms with E-state index in [9.17, 15) is 8.78 Å². The first-order valence-corrected chi connectivity index (χ1v) is 4.02. The SMILES string of the molecule is Fc1ccc(On2cccc2)cc1F. The van der Waals surface area contributed by atoms with Gasteiger partial charge >= 0.3 is 0 Å². The van der Waals surface area contributed by atoms with Crippen LogP contribution in [0.25, 0.3) is 0 Å². The zero-order valence-electron chi connectivity index (χ0n) is 7.15. The molecule has 0 N–H and O–H groups in total. The predicted octanol–water partition coefficient (Wildman–Crippen LogP) is 2.61. The van der Waals surface area contributed by atoms with E-state index in [2.05, 4.69) is 0 Å². The Morgan fingerprint density at radius 3 is 2.36 bits per heavy atom. The molecule has 2 rings (SSSR count). The largest absolute Gasteiger partial charge is 0.376 e. The van der Waals surface area contributed by atoms with Crippen molar-refractivity contribution in [1.29, 1.82) is 0 Å². The quantitative estimate of drug-likeness (QED) is 0.718. The van der Waals surface area contributed by atoms with Crippen LogP contribution >= 0.6 is 0 Å². The number of hydrogen-bond acceptors (Lipinski definition) is 1. The van der Waals surface area contributed by atoms with Crippen LogP contribution in [0.3, 0.4) is 0 Å². The van der Waals surface area contributed by atoms with Crippen LogP contribution in [0, 0.1) is 11.6 Å². The van der Waals surface area contributed by atoms with Crippen molar-refractivity contribution in [3.8, 4) is 5.75 Å². The Hall–Kier alpha value is -1.84. The Morgan fingerprint density at radius 2 is 1.71 bits per heavy atom. The van der Waals surface area contributed by atoms with E-state index in [1.54, 1.807) is 24.5 Å². The van der Waals surface area contributed by atoms with Crippen LogP contribution in [-0.4, -0.2) is 4.73 Å². The minimum Gasteiger partial charge on any atom is -0.376 e. The Morgan fingerprint density at radius 1 is 1.00 bits per heavy atom. The summed E-state index contributed by atoms with van der Waals surface area (Å²) in [4.78, 5) is 5.16. The van der Waals surface area contributed by atoms with Crippen LogP contribution in [0.5, 0.6) is 5.75 Å². The van der Waals surface area contributed by atoms with Crippen LogP contribution in [-0.2, 0) is 0 Å². The van der Waals surface area contributed by atoms with Crippen molar-refractivity contribution in [3.05, 3.63) is 54.4 Å². The summed E-state index contributed by atoms with van der Waals surface area (Å²) >= 11 is 0. The summed E-state index contributed by atoms with van der Waals surface area (Å²) < 4.78 is 26.7. The Bertz CT molecular complexity index is 426. The smallest absolute Gasteiger partial charge is 0.162 e. The van der Waals surface area contributed by atoms with Gasteiger partial charge in [0.1, 0.15) is 0 Å². The van der Waals surface area contributed by atoms with Crippen LogP contribution in [0.2, 0.25) is 0 Å². The molecule has 14 heavy (non-hydrogen) atoms. The molecule has 0 spiro atoms. The molecule has 0 radical (unpaired) electrons. The van der Waals surface area contributed by atoms with E-state index in [0.717, 1.165) is 12.1 Å². The van der Waals surface area contributed by atoms with E-state index in [1.807, 2.05) is 0 Å². The average molecular weight is 195 g/mol. The Balaban J connectivity index is 2.22. The maximum Gasteiger partial charge on any atom is 0.162 e. The molecular weight excluding hydrogens is 188 g/mol. The number of aromatic nitrogens is 1. The van der Waals surface area contributed by atoms with Crippen LogP contribution in [0.1, 0.15) is 0 Å². The fourth-order valence-corrected chi connectivity index (χ4v) is 1.03. The molecule has 0 aliphatic rings. The van der Waals surface area contributed by atoms with Gasteiger partial charge in [-0.1, -0.05) is 0 Å². The third kappa shape index (κ3) is 1.74. The first-order chi connectivity index (χ1) is 6.75. The fraction of sp³-hybridized carbons (Fsp3) is 0. The van der Waals surface area contributed by atoms with Crippen LogP contribution in [0.15, 0.2) is 42.7 Å². The highest BCUT2D eigenvalue weighted by Gasteiger charge is 2.03. The summed E-state index contributed by atoms with van der Waals surface area (Å²) in [6, 6.07) is 6.90. The number of benzene rings is 1. The molecule has 4 heteroatoms. The zero-order chi connectivity index (χ0) is 9.97. The molecule has 1 heterocycles. The van der Waals surface area contributed by atoms with Crippen molar-refractivity contribution in [2.45, 2.75) is 0 Å². The van der Waals surface area contributed by atoms with Crippen molar-refractivity contribution in [2.75, 3.05) is 0 Å². The molecule has 0 saturated carbocycles. The molecular formula is C10H7F2NO. The standard InChI is InChI=1S/C10H7F2NO/c11-9-4-3-8(7-10(9)12)14-13-5-1-2-6-13/h1-7H. The lowest BCUT2D eigenvalue weighted by Gasteiger charge is -2.05. The van der Waals surface area contributed by atoms with Crippen LogP contribution < -0.4 is 4.84 Å². The van der Waals surface area contributed by atoms with Gasteiger partial charge in [-0.15, -0.1) is 0 Å². The Labute approximate surface area is 79.3 Å². The molecule has 2 aromatic rings.